The first-order chi connectivity index (χ1) is 16.6. The average molecular weight is 455 g/mol. The maximum absolute atomic E-state index is 13.6. The molecule has 1 N–H and O–H groups in total. The van der Waals surface area contributed by atoms with E-state index in [4.69, 9.17) is 0 Å². The summed E-state index contributed by atoms with van der Waals surface area (Å²) in [5.74, 6) is 0.756. The molecule has 7 nitrogen and oxygen atoms in total. The van der Waals surface area contributed by atoms with E-state index >= 15 is 0 Å². The zero-order valence-electron chi connectivity index (χ0n) is 19.7. The summed E-state index contributed by atoms with van der Waals surface area (Å²) in [5, 5.41) is 14.1. The van der Waals surface area contributed by atoms with Crippen molar-refractivity contribution in [3.63, 3.8) is 0 Å². The van der Waals surface area contributed by atoms with Gasteiger partial charge in [-0.2, -0.15) is 0 Å². The number of aromatic nitrogens is 5. The van der Waals surface area contributed by atoms with Crippen molar-refractivity contribution < 1.29 is 0 Å². The number of tetrazole rings is 1. The Bertz CT molecular complexity index is 1400. The lowest BCUT2D eigenvalue weighted by molar-refractivity contribution is 0.423. The highest BCUT2D eigenvalue weighted by Gasteiger charge is 2.39. The fraction of sp³-hybridized carbons (Fsp3) is 0.407. The molecule has 4 aromatic rings. The predicted molar refractivity (Wildman–Crippen MR) is 133 cm³/mol. The summed E-state index contributed by atoms with van der Waals surface area (Å²) in [5.41, 5.74) is 5.17. The molecule has 0 saturated heterocycles. The molecular weight excluding hydrogens is 424 g/mol. The second-order valence-electron chi connectivity index (χ2n) is 9.74. The van der Waals surface area contributed by atoms with Crippen LogP contribution in [0.1, 0.15) is 74.1 Å². The standard InChI is InChI=1S/C27H30N6O/c1-3-18-12-13-23-20(15-18)16-22(27(34)28-23)25(26-29-30-31-33(26)21-9-5-6-10-21)32-17(2)14-19-8-4-7-11-24(19)32/h4,7-8,11-13,15-17,21,25H,3,5-6,9-10,14H2,1-2H3,(H,28,34)/t17-,25+/m1/s1. The maximum Gasteiger partial charge on any atom is 0.254 e. The van der Waals surface area contributed by atoms with Crippen LogP contribution in [0.15, 0.2) is 53.3 Å². The molecule has 174 valence electrons. The molecule has 0 unspecified atom stereocenters. The Labute approximate surface area is 198 Å². The van der Waals surface area contributed by atoms with Gasteiger partial charge in [-0.05, 0) is 83.8 Å². The Balaban J connectivity index is 1.58. The Hall–Kier alpha value is -3.48. The van der Waals surface area contributed by atoms with E-state index in [1.807, 2.05) is 10.7 Å². The zero-order chi connectivity index (χ0) is 23.2. The second-order valence-corrected chi connectivity index (χ2v) is 9.74. The van der Waals surface area contributed by atoms with Crippen LogP contribution in [-0.2, 0) is 12.8 Å². The van der Waals surface area contributed by atoms with Gasteiger partial charge in [0.1, 0.15) is 6.04 Å². The van der Waals surface area contributed by atoms with Crippen LogP contribution in [-0.4, -0.2) is 31.2 Å². The summed E-state index contributed by atoms with van der Waals surface area (Å²) < 4.78 is 2.00. The number of aromatic amines is 1. The maximum atomic E-state index is 13.6. The highest BCUT2D eigenvalue weighted by molar-refractivity contribution is 5.80. The predicted octanol–water partition coefficient (Wildman–Crippen LogP) is 4.73. The van der Waals surface area contributed by atoms with Gasteiger partial charge in [0.25, 0.3) is 5.56 Å². The minimum atomic E-state index is -0.368. The van der Waals surface area contributed by atoms with Crippen molar-refractivity contribution in [3.05, 3.63) is 81.4 Å². The van der Waals surface area contributed by atoms with E-state index in [2.05, 4.69) is 81.7 Å². The molecule has 1 saturated carbocycles. The van der Waals surface area contributed by atoms with E-state index in [1.165, 1.54) is 24.0 Å². The lowest BCUT2D eigenvalue weighted by atomic mass is 10.0. The van der Waals surface area contributed by atoms with Crippen molar-refractivity contribution in [3.8, 4) is 0 Å². The first kappa shape index (κ1) is 21.1. The molecule has 1 aliphatic carbocycles. The highest BCUT2D eigenvalue weighted by Crippen LogP contribution is 2.42. The molecule has 0 bridgehead atoms. The number of nitrogens with one attached hydrogen (secondary N) is 1. The van der Waals surface area contributed by atoms with E-state index in [9.17, 15) is 4.79 Å². The highest BCUT2D eigenvalue weighted by atomic mass is 16.1. The first-order valence-electron chi connectivity index (χ1n) is 12.4. The molecule has 1 aliphatic heterocycles. The van der Waals surface area contributed by atoms with Crippen LogP contribution >= 0.6 is 0 Å². The summed E-state index contributed by atoms with van der Waals surface area (Å²) in [6.07, 6.45) is 6.41. The first-order valence-corrected chi connectivity index (χ1v) is 12.4. The summed E-state index contributed by atoms with van der Waals surface area (Å²) in [7, 11) is 0. The SMILES string of the molecule is CCc1ccc2[nH]c(=O)c([C@@H](c3nnnn3C3CCCC3)N3c4ccccc4C[C@H]3C)cc2c1. The van der Waals surface area contributed by atoms with E-state index in [0.29, 0.717) is 5.56 Å². The van der Waals surface area contributed by atoms with Crippen LogP contribution < -0.4 is 10.5 Å². The summed E-state index contributed by atoms with van der Waals surface area (Å²) in [4.78, 5) is 19.1. The lowest BCUT2D eigenvalue weighted by Crippen LogP contribution is -2.39. The fourth-order valence-corrected chi connectivity index (χ4v) is 5.88. The number of benzene rings is 2. The van der Waals surface area contributed by atoms with Crippen LogP contribution in [0.2, 0.25) is 0 Å². The molecular formula is C27H30N6O. The Morgan fingerprint density at radius 2 is 1.94 bits per heavy atom. The monoisotopic (exact) mass is 454 g/mol. The number of H-pyrrole nitrogens is 1. The van der Waals surface area contributed by atoms with Gasteiger partial charge >= 0.3 is 0 Å². The summed E-state index contributed by atoms with van der Waals surface area (Å²) in [6.45, 7) is 4.37. The van der Waals surface area contributed by atoms with Gasteiger partial charge in [-0.15, -0.1) is 5.10 Å². The lowest BCUT2D eigenvalue weighted by Gasteiger charge is -2.34. The van der Waals surface area contributed by atoms with Crippen LogP contribution in [0, 0.1) is 0 Å². The number of aryl methyl sites for hydroxylation is 1. The van der Waals surface area contributed by atoms with Crippen molar-refractivity contribution in [1.29, 1.82) is 0 Å². The van der Waals surface area contributed by atoms with E-state index in [-0.39, 0.29) is 23.7 Å². The van der Waals surface area contributed by atoms with Crippen molar-refractivity contribution in [2.24, 2.45) is 0 Å². The molecule has 7 heteroatoms. The van der Waals surface area contributed by atoms with Gasteiger partial charge in [0.05, 0.1) is 6.04 Å². The van der Waals surface area contributed by atoms with Gasteiger partial charge in [-0.1, -0.05) is 44.0 Å². The van der Waals surface area contributed by atoms with E-state index < -0.39 is 0 Å². The fourth-order valence-electron chi connectivity index (χ4n) is 5.88. The quantitative estimate of drug-likeness (QED) is 0.471. The molecule has 2 aromatic heterocycles. The number of rotatable bonds is 5. The second kappa shape index (κ2) is 8.38. The third-order valence-electron chi connectivity index (χ3n) is 7.61. The van der Waals surface area contributed by atoms with Crippen molar-refractivity contribution in [2.45, 2.75) is 70.5 Å². The Kier molecular flexibility index (Phi) is 5.20. The van der Waals surface area contributed by atoms with Crippen LogP contribution in [0.3, 0.4) is 0 Å². The molecule has 0 amide bonds. The number of hydrogen-bond donors (Lipinski definition) is 1. The van der Waals surface area contributed by atoms with Crippen LogP contribution in [0.5, 0.6) is 0 Å². The molecule has 0 radical (unpaired) electrons. The molecule has 2 aromatic carbocycles. The van der Waals surface area contributed by atoms with Crippen LogP contribution in [0.4, 0.5) is 5.69 Å². The molecule has 34 heavy (non-hydrogen) atoms. The number of anilines is 1. The molecule has 2 atom stereocenters. The van der Waals surface area contributed by atoms with Gasteiger partial charge in [0.15, 0.2) is 5.82 Å². The minimum Gasteiger partial charge on any atom is -0.354 e. The number of fused-ring (bicyclic) bond motifs is 2. The smallest absolute Gasteiger partial charge is 0.254 e. The molecule has 6 rings (SSSR count). The van der Waals surface area contributed by atoms with Gasteiger partial charge in [-0.25, -0.2) is 4.68 Å². The zero-order valence-corrected chi connectivity index (χ0v) is 19.7. The summed E-state index contributed by atoms with van der Waals surface area (Å²) in [6, 6.07) is 16.9. The topological polar surface area (TPSA) is 79.7 Å². The number of hydrogen-bond acceptors (Lipinski definition) is 5. The number of para-hydroxylation sites is 1. The van der Waals surface area contributed by atoms with Crippen molar-refractivity contribution in [1.82, 2.24) is 25.2 Å². The van der Waals surface area contributed by atoms with Crippen LogP contribution in [0.25, 0.3) is 10.9 Å². The molecule has 0 spiro atoms. The largest absolute Gasteiger partial charge is 0.354 e. The van der Waals surface area contributed by atoms with Crippen molar-refractivity contribution >= 4 is 16.6 Å². The average Bonchev–Trinajstić information content (AvgIpc) is 3.60. The Morgan fingerprint density at radius 3 is 2.76 bits per heavy atom. The van der Waals surface area contributed by atoms with E-state index in [0.717, 1.165) is 48.1 Å². The Morgan fingerprint density at radius 1 is 1.12 bits per heavy atom. The van der Waals surface area contributed by atoms with Gasteiger partial charge in [0.2, 0.25) is 0 Å². The summed E-state index contributed by atoms with van der Waals surface area (Å²) >= 11 is 0. The normalized spacial score (nSPS) is 19.1. The molecule has 2 aliphatic rings. The van der Waals surface area contributed by atoms with Gasteiger partial charge < -0.3 is 9.88 Å². The van der Waals surface area contributed by atoms with Crippen molar-refractivity contribution in [2.75, 3.05) is 4.90 Å². The van der Waals surface area contributed by atoms with Gasteiger partial charge in [-0.3, -0.25) is 4.79 Å². The van der Waals surface area contributed by atoms with E-state index in [1.54, 1.807) is 0 Å². The third kappa shape index (κ3) is 3.42. The molecule has 1 fully saturated rings. The third-order valence-corrected chi connectivity index (χ3v) is 7.61. The number of nitrogens with zero attached hydrogens (tertiary/aromatic N) is 5. The number of pyridine rings is 1. The molecule has 3 heterocycles. The van der Waals surface area contributed by atoms with Gasteiger partial charge in [0, 0.05) is 22.8 Å². The minimum absolute atomic E-state index is 0.0840.